The van der Waals surface area contributed by atoms with E-state index < -0.39 is 51.7 Å². The van der Waals surface area contributed by atoms with E-state index in [1.165, 1.54) is 17.8 Å². The summed E-state index contributed by atoms with van der Waals surface area (Å²) >= 11 is 0. The second kappa shape index (κ2) is 9.69. The lowest BCUT2D eigenvalue weighted by Crippen LogP contribution is -2.35. The van der Waals surface area contributed by atoms with Gasteiger partial charge in [0.25, 0.3) is 0 Å². The molecule has 1 saturated heterocycles. The lowest BCUT2D eigenvalue weighted by atomic mass is 10.1. The van der Waals surface area contributed by atoms with Crippen molar-refractivity contribution in [3.63, 3.8) is 0 Å². The van der Waals surface area contributed by atoms with Crippen molar-refractivity contribution < 1.29 is 46.5 Å². The minimum atomic E-state index is -4.60. The quantitative estimate of drug-likeness (QED) is 0.377. The summed E-state index contributed by atoms with van der Waals surface area (Å²) in [4.78, 5) is 31.8. The van der Waals surface area contributed by atoms with Crippen LogP contribution in [0.2, 0.25) is 0 Å². The first-order valence-electron chi connectivity index (χ1n) is 9.82. The van der Waals surface area contributed by atoms with Crippen LogP contribution in [0.4, 0.5) is 0 Å². The summed E-state index contributed by atoms with van der Waals surface area (Å²) in [6.45, 7) is 10.2. The van der Waals surface area contributed by atoms with Gasteiger partial charge in [-0.2, -0.15) is 0 Å². The smallest absolute Gasteiger partial charge is 0.371 e. The fourth-order valence-corrected chi connectivity index (χ4v) is 5.23. The summed E-state index contributed by atoms with van der Waals surface area (Å²) in [6, 6.07) is -0.796. The Kier molecular flexibility index (Phi) is 8.25. The third kappa shape index (κ3) is 8.40. The number of nitrogens with zero attached hydrogens (tertiary/aromatic N) is 3. The number of hydrogen-bond acceptors (Lipinski definition) is 10. The van der Waals surface area contributed by atoms with Crippen LogP contribution in [0.3, 0.4) is 0 Å². The van der Waals surface area contributed by atoms with Crippen LogP contribution in [-0.2, 0) is 32.0 Å². The summed E-state index contributed by atoms with van der Waals surface area (Å²) in [5.74, 6) is -0.322. The van der Waals surface area contributed by atoms with Gasteiger partial charge in [-0.3, -0.25) is 22.9 Å². The lowest BCUT2D eigenvalue weighted by molar-refractivity contribution is -0.0219. The number of rotatable bonds is 9. The molecule has 13 nitrogen and oxygen atoms in total. The topological polar surface area (TPSA) is 169 Å². The third-order valence-corrected chi connectivity index (χ3v) is 6.41. The minimum absolute atomic E-state index is 0.0647. The molecule has 0 radical (unpaired) electrons. The zero-order chi connectivity index (χ0) is 24.5. The molecule has 0 bridgehead atoms. The van der Waals surface area contributed by atoms with Crippen LogP contribution in [0, 0.1) is 0 Å². The van der Waals surface area contributed by atoms with Gasteiger partial charge in [-0.25, -0.2) is 13.8 Å². The monoisotopic (exact) mass is 499 g/mol. The first-order valence-corrected chi connectivity index (χ1v) is 12.8. The number of phosphoric ester groups is 2. The van der Waals surface area contributed by atoms with Gasteiger partial charge in [0.15, 0.2) is 5.78 Å². The summed E-state index contributed by atoms with van der Waals surface area (Å²) in [6.07, 6.45) is -0.898. The van der Waals surface area contributed by atoms with Gasteiger partial charge in [-0.15, -0.1) is 5.10 Å². The zero-order valence-electron chi connectivity index (χ0n) is 19.1. The van der Waals surface area contributed by atoms with Crippen molar-refractivity contribution in [3.05, 3.63) is 11.9 Å². The predicted molar refractivity (Wildman–Crippen MR) is 111 cm³/mol. The molecule has 0 aliphatic carbocycles. The van der Waals surface area contributed by atoms with Gasteiger partial charge in [0.2, 0.25) is 0 Å². The van der Waals surface area contributed by atoms with Crippen LogP contribution in [0.1, 0.15) is 65.0 Å². The lowest BCUT2D eigenvalue weighted by Gasteiger charge is -2.29. The van der Waals surface area contributed by atoms with E-state index >= 15 is 0 Å². The van der Waals surface area contributed by atoms with Crippen LogP contribution in [0.25, 0.3) is 0 Å². The Morgan fingerprint density at radius 2 is 1.72 bits per heavy atom. The van der Waals surface area contributed by atoms with Crippen LogP contribution in [0.5, 0.6) is 0 Å². The van der Waals surface area contributed by atoms with E-state index in [2.05, 4.69) is 10.3 Å². The Morgan fingerprint density at radius 1 is 1.16 bits per heavy atom. The second-order valence-electron chi connectivity index (χ2n) is 9.29. The molecule has 32 heavy (non-hydrogen) atoms. The molecule has 0 amide bonds. The summed E-state index contributed by atoms with van der Waals surface area (Å²) in [5.41, 5.74) is -1.87. The SMILES string of the molecule is CC(=O)c1cn([C@@H]2CO[C@H](COP(=O)(O)OC(C)(C)C)C2OP(=O)(O)OC(C)(C)C)nn1. The maximum Gasteiger partial charge on any atom is 0.473 e. The molecule has 1 aromatic heterocycles. The molecule has 1 aliphatic rings. The maximum atomic E-state index is 12.6. The standard InChI is InChI=1S/C17H31N3O10P2/c1-11(21)12-8-20(19-18-12)13-9-26-14(10-27-31(22,23)29-16(2,3)4)15(13)28-32(24,25)30-17(5,6)7/h8,13-15H,9-10H2,1-7H3,(H,22,23)(H,24,25)/t13-,14-,15?/m1/s1. The van der Waals surface area contributed by atoms with Gasteiger partial charge in [-0.05, 0) is 41.5 Å². The van der Waals surface area contributed by atoms with E-state index in [0.717, 1.165) is 0 Å². The van der Waals surface area contributed by atoms with E-state index in [9.17, 15) is 23.7 Å². The second-order valence-corrected chi connectivity index (χ2v) is 12.0. The number of ether oxygens (including phenoxy) is 1. The van der Waals surface area contributed by atoms with Gasteiger partial charge in [0, 0.05) is 6.92 Å². The number of phosphoric acid groups is 2. The highest BCUT2D eigenvalue weighted by Gasteiger charge is 2.46. The number of ketones is 1. The first kappa shape index (κ1) is 27.2. The maximum absolute atomic E-state index is 12.6. The van der Waals surface area contributed by atoms with E-state index in [-0.39, 0.29) is 18.1 Å². The minimum Gasteiger partial charge on any atom is -0.371 e. The highest BCUT2D eigenvalue weighted by molar-refractivity contribution is 7.47. The fraction of sp³-hybridized carbons (Fsp3) is 0.824. The Bertz CT molecular complexity index is 907. The average molecular weight is 499 g/mol. The molecule has 1 aliphatic heterocycles. The Morgan fingerprint density at radius 3 is 2.22 bits per heavy atom. The fourth-order valence-electron chi connectivity index (χ4n) is 2.83. The first-order chi connectivity index (χ1) is 14.4. The molecular weight excluding hydrogens is 468 g/mol. The van der Waals surface area contributed by atoms with Gasteiger partial charge in [0.05, 0.1) is 30.6 Å². The van der Waals surface area contributed by atoms with Gasteiger partial charge in [-0.1, -0.05) is 5.21 Å². The molecule has 3 unspecified atom stereocenters. The highest BCUT2D eigenvalue weighted by atomic mass is 31.2. The molecule has 184 valence electrons. The summed E-state index contributed by atoms with van der Waals surface area (Å²) in [7, 11) is -9.05. The number of Topliss-reactive ketones (excluding diaryl/α,β-unsaturated/α-hetero) is 1. The van der Waals surface area contributed by atoms with Crippen molar-refractivity contribution in [3.8, 4) is 0 Å². The molecule has 15 heteroatoms. The van der Waals surface area contributed by atoms with E-state index in [1.807, 2.05) is 0 Å². The average Bonchev–Trinajstić information content (AvgIpc) is 3.14. The molecular formula is C17H31N3O10P2. The van der Waals surface area contributed by atoms with Crippen molar-refractivity contribution in [2.75, 3.05) is 13.2 Å². The molecule has 5 atom stereocenters. The molecule has 0 spiro atoms. The van der Waals surface area contributed by atoms with Crippen molar-refractivity contribution in [1.29, 1.82) is 0 Å². The van der Waals surface area contributed by atoms with E-state index in [4.69, 9.17) is 22.8 Å². The Hall–Kier alpha value is -1.01. The van der Waals surface area contributed by atoms with Crippen molar-refractivity contribution in [1.82, 2.24) is 15.0 Å². The molecule has 1 aromatic rings. The van der Waals surface area contributed by atoms with Crippen molar-refractivity contribution in [2.45, 2.75) is 77.9 Å². The van der Waals surface area contributed by atoms with Crippen LogP contribution in [0.15, 0.2) is 6.20 Å². The zero-order valence-corrected chi connectivity index (χ0v) is 20.9. The molecule has 2 rings (SSSR count). The van der Waals surface area contributed by atoms with Gasteiger partial charge in [0.1, 0.15) is 23.9 Å². The predicted octanol–water partition coefficient (Wildman–Crippen LogP) is 2.65. The number of carbonyl (C=O) groups is 1. The van der Waals surface area contributed by atoms with Crippen molar-refractivity contribution >= 4 is 21.4 Å². The van der Waals surface area contributed by atoms with Crippen molar-refractivity contribution in [2.24, 2.45) is 0 Å². The van der Waals surface area contributed by atoms with Gasteiger partial charge >= 0.3 is 15.6 Å². The summed E-state index contributed by atoms with van der Waals surface area (Å²) < 4.78 is 52.3. The number of aromatic nitrogens is 3. The summed E-state index contributed by atoms with van der Waals surface area (Å²) in [5, 5.41) is 7.63. The molecule has 0 aromatic carbocycles. The largest absolute Gasteiger partial charge is 0.473 e. The van der Waals surface area contributed by atoms with Crippen LogP contribution >= 0.6 is 15.6 Å². The van der Waals surface area contributed by atoms with Crippen LogP contribution < -0.4 is 0 Å². The molecule has 2 N–H and O–H groups in total. The highest BCUT2D eigenvalue weighted by Crippen LogP contribution is 2.52. The third-order valence-electron chi connectivity index (χ3n) is 3.87. The number of hydrogen-bond donors (Lipinski definition) is 2. The molecule has 2 heterocycles. The van der Waals surface area contributed by atoms with Gasteiger partial charge < -0.3 is 14.5 Å². The van der Waals surface area contributed by atoms with Crippen LogP contribution in [-0.4, -0.2) is 67.2 Å². The Balaban J connectivity index is 2.25. The Labute approximate surface area is 186 Å². The van der Waals surface area contributed by atoms with E-state index in [0.29, 0.717) is 0 Å². The molecule has 0 saturated carbocycles. The number of carbonyl (C=O) groups excluding carboxylic acids is 1. The molecule has 1 fully saturated rings. The normalized spacial score (nSPS) is 26.0. The van der Waals surface area contributed by atoms with E-state index in [1.54, 1.807) is 41.5 Å².